The van der Waals surface area contributed by atoms with E-state index < -0.39 is 0 Å². The Bertz CT molecular complexity index is 392. The molecular formula is C12H20N4S. The van der Waals surface area contributed by atoms with Crippen molar-refractivity contribution in [2.75, 3.05) is 38.1 Å². The van der Waals surface area contributed by atoms with Gasteiger partial charge < -0.3 is 9.80 Å². The van der Waals surface area contributed by atoms with Crippen molar-refractivity contribution < 1.29 is 0 Å². The Labute approximate surface area is 107 Å². The van der Waals surface area contributed by atoms with E-state index in [-0.39, 0.29) is 0 Å². The SMILES string of the molecule is CCc1nsc(N2C[C@H]3CN(C)CC[C@H]3C2)n1. The molecular weight excluding hydrogens is 232 g/mol. The first-order valence-corrected chi connectivity index (χ1v) is 7.29. The van der Waals surface area contributed by atoms with E-state index in [0.29, 0.717) is 0 Å². The minimum Gasteiger partial charge on any atom is -0.346 e. The molecule has 4 nitrogen and oxygen atoms in total. The molecule has 0 bridgehead atoms. The summed E-state index contributed by atoms with van der Waals surface area (Å²) in [5, 5.41) is 1.14. The fraction of sp³-hybridized carbons (Fsp3) is 0.833. The van der Waals surface area contributed by atoms with E-state index in [9.17, 15) is 0 Å². The van der Waals surface area contributed by atoms with Crippen molar-refractivity contribution in [3.63, 3.8) is 0 Å². The summed E-state index contributed by atoms with van der Waals surface area (Å²) in [5.41, 5.74) is 0. The first-order valence-electron chi connectivity index (χ1n) is 6.52. The van der Waals surface area contributed by atoms with Crippen LogP contribution in [0.1, 0.15) is 19.2 Å². The summed E-state index contributed by atoms with van der Waals surface area (Å²) in [4.78, 5) is 9.52. The predicted molar refractivity (Wildman–Crippen MR) is 70.6 cm³/mol. The summed E-state index contributed by atoms with van der Waals surface area (Å²) in [7, 11) is 2.24. The normalized spacial score (nSPS) is 29.6. The third kappa shape index (κ3) is 2.18. The molecule has 2 aliphatic rings. The molecule has 2 saturated heterocycles. The zero-order valence-corrected chi connectivity index (χ0v) is 11.4. The Morgan fingerprint density at radius 2 is 2.12 bits per heavy atom. The van der Waals surface area contributed by atoms with E-state index in [4.69, 9.17) is 0 Å². The lowest BCUT2D eigenvalue weighted by Crippen LogP contribution is -2.37. The number of nitrogens with zero attached hydrogens (tertiary/aromatic N) is 4. The van der Waals surface area contributed by atoms with Gasteiger partial charge in [-0.1, -0.05) is 6.92 Å². The average molecular weight is 252 g/mol. The molecule has 2 atom stereocenters. The van der Waals surface area contributed by atoms with Crippen LogP contribution in [0.25, 0.3) is 0 Å². The van der Waals surface area contributed by atoms with Crippen LogP contribution in [0.15, 0.2) is 0 Å². The van der Waals surface area contributed by atoms with Crippen LogP contribution in [-0.2, 0) is 6.42 Å². The third-order valence-corrected chi connectivity index (χ3v) is 4.86. The predicted octanol–water partition coefficient (Wildman–Crippen LogP) is 1.49. The van der Waals surface area contributed by atoms with Crippen molar-refractivity contribution in [3.05, 3.63) is 5.82 Å². The molecule has 1 aromatic heterocycles. The summed E-state index contributed by atoms with van der Waals surface area (Å²) >= 11 is 1.57. The molecule has 3 rings (SSSR count). The molecule has 0 amide bonds. The molecule has 5 heteroatoms. The zero-order chi connectivity index (χ0) is 11.8. The van der Waals surface area contributed by atoms with Gasteiger partial charge in [-0.25, -0.2) is 4.98 Å². The van der Waals surface area contributed by atoms with Crippen LogP contribution in [0.2, 0.25) is 0 Å². The van der Waals surface area contributed by atoms with Crippen LogP contribution in [0.5, 0.6) is 0 Å². The molecule has 94 valence electrons. The molecule has 0 spiro atoms. The van der Waals surface area contributed by atoms with Gasteiger partial charge >= 0.3 is 0 Å². The van der Waals surface area contributed by atoms with Crippen LogP contribution < -0.4 is 4.90 Å². The van der Waals surface area contributed by atoms with E-state index in [0.717, 1.165) is 29.2 Å². The number of aromatic nitrogens is 2. The number of aryl methyl sites for hydroxylation is 1. The topological polar surface area (TPSA) is 32.3 Å². The highest BCUT2D eigenvalue weighted by atomic mass is 32.1. The molecule has 2 aliphatic heterocycles. The Hall–Kier alpha value is -0.680. The second-order valence-corrected chi connectivity index (χ2v) is 6.05. The Balaban J connectivity index is 1.70. The summed E-state index contributed by atoms with van der Waals surface area (Å²) in [6.07, 6.45) is 2.29. The maximum Gasteiger partial charge on any atom is 0.205 e. The molecule has 0 N–H and O–H groups in total. The zero-order valence-electron chi connectivity index (χ0n) is 10.6. The van der Waals surface area contributed by atoms with Gasteiger partial charge in [0.1, 0.15) is 5.82 Å². The smallest absolute Gasteiger partial charge is 0.205 e. The number of anilines is 1. The fourth-order valence-corrected chi connectivity index (χ4v) is 3.79. The van der Waals surface area contributed by atoms with Gasteiger partial charge in [0.2, 0.25) is 5.13 Å². The van der Waals surface area contributed by atoms with Gasteiger partial charge in [0.05, 0.1) is 0 Å². The minimum absolute atomic E-state index is 0.836. The standard InChI is InChI=1S/C12H20N4S/c1-3-11-13-12(17-14-11)16-7-9-4-5-15(2)6-10(9)8-16/h9-10H,3-8H2,1-2H3/t9-,10+/m0/s1. The molecule has 3 heterocycles. The van der Waals surface area contributed by atoms with Gasteiger partial charge in [-0.2, -0.15) is 4.37 Å². The second-order valence-electron chi connectivity index (χ2n) is 5.32. The number of hydrogen-bond donors (Lipinski definition) is 0. The lowest BCUT2D eigenvalue weighted by atomic mass is 9.89. The molecule has 0 aromatic carbocycles. The van der Waals surface area contributed by atoms with Gasteiger partial charge in [0.25, 0.3) is 0 Å². The maximum absolute atomic E-state index is 4.61. The summed E-state index contributed by atoms with van der Waals surface area (Å²) in [6, 6.07) is 0. The fourth-order valence-electron chi connectivity index (χ4n) is 3.02. The molecule has 17 heavy (non-hydrogen) atoms. The van der Waals surface area contributed by atoms with Gasteiger partial charge in [-0.15, -0.1) is 0 Å². The first kappa shape index (κ1) is 11.4. The number of piperidine rings is 1. The average Bonchev–Trinajstić information content (AvgIpc) is 2.93. The highest BCUT2D eigenvalue weighted by Crippen LogP contribution is 2.34. The van der Waals surface area contributed by atoms with Gasteiger partial charge in [0.15, 0.2) is 0 Å². The molecule has 0 aliphatic carbocycles. The Morgan fingerprint density at radius 3 is 2.88 bits per heavy atom. The van der Waals surface area contributed by atoms with Crippen molar-refractivity contribution in [2.45, 2.75) is 19.8 Å². The summed E-state index contributed by atoms with van der Waals surface area (Å²) in [6.45, 7) is 6.99. The van der Waals surface area contributed by atoms with Crippen molar-refractivity contribution in [2.24, 2.45) is 11.8 Å². The van der Waals surface area contributed by atoms with Crippen LogP contribution in [0, 0.1) is 11.8 Å². The lowest BCUT2D eigenvalue weighted by molar-refractivity contribution is 0.178. The Kier molecular flexibility index (Phi) is 3.04. The van der Waals surface area contributed by atoms with E-state index >= 15 is 0 Å². The quantitative estimate of drug-likeness (QED) is 0.798. The van der Waals surface area contributed by atoms with Gasteiger partial charge in [-0.05, 0) is 31.8 Å². The summed E-state index contributed by atoms with van der Waals surface area (Å²) in [5.74, 6) is 2.71. The molecule has 0 radical (unpaired) electrons. The van der Waals surface area contributed by atoms with Crippen molar-refractivity contribution in [3.8, 4) is 0 Å². The van der Waals surface area contributed by atoms with Crippen LogP contribution in [0.3, 0.4) is 0 Å². The Morgan fingerprint density at radius 1 is 1.29 bits per heavy atom. The monoisotopic (exact) mass is 252 g/mol. The molecule has 2 fully saturated rings. The van der Waals surface area contributed by atoms with Crippen molar-refractivity contribution >= 4 is 16.7 Å². The van der Waals surface area contributed by atoms with Gasteiger partial charge in [-0.3, -0.25) is 0 Å². The van der Waals surface area contributed by atoms with Crippen LogP contribution in [-0.4, -0.2) is 47.5 Å². The molecule has 1 aromatic rings. The van der Waals surface area contributed by atoms with Crippen LogP contribution >= 0.6 is 11.5 Å². The number of likely N-dealkylation sites (tertiary alicyclic amines) is 1. The second kappa shape index (κ2) is 4.53. The summed E-state index contributed by atoms with van der Waals surface area (Å²) < 4.78 is 4.39. The van der Waals surface area contributed by atoms with Gasteiger partial charge in [0, 0.05) is 37.6 Å². The van der Waals surface area contributed by atoms with E-state index in [1.54, 1.807) is 11.5 Å². The number of rotatable bonds is 2. The van der Waals surface area contributed by atoms with Crippen molar-refractivity contribution in [1.82, 2.24) is 14.3 Å². The number of hydrogen-bond acceptors (Lipinski definition) is 5. The van der Waals surface area contributed by atoms with E-state index in [1.807, 2.05) is 0 Å². The lowest BCUT2D eigenvalue weighted by Gasteiger charge is -2.31. The minimum atomic E-state index is 0.836. The van der Waals surface area contributed by atoms with E-state index in [1.165, 1.54) is 32.6 Å². The van der Waals surface area contributed by atoms with Crippen LogP contribution in [0.4, 0.5) is 5.13 Å². The molecule has 0 unspecified atom stereocenters. The third-order valence-electron chi connectivity index (χ3n) is 4.05. The highest BCUT2D eigenvalue weighted by molar-refractivity contribution is 7.09. The first-order chi connectivity index (χ1) is 8.26. The highest BCUT2D eigenvalue weighted by Gasteiger charge is 2.37. The van der Waals surface area contributed by atoms with E-state index in [2.05, 4.69) is 33.1 Å². The van der Waals surface area contributed by atoms with Crippen molar-refractivity contribution in [1.29, 1.82) is 0 Å². The largest absolute Gasteiger partial charge is 0.346 e. The number of fused-ring (bicyclic) bond motifs is 1. The molecule has 0 saturated carbocycles. The maximum atomic E-state index is 4.61.